The Morgan fingerprint density at radius 1 is 1.39 bits per heavy atom. The van der Waals surface area contributed by atoms with Gasteiger partial charge in [-0.1, -0.05) is 20.8 Å². The first-order valence-corrected chi connectivity index (χ1v) is 7.17. The predicted octanol–water partition coefficient (Wildman–Crippen LogP) is 2.20. The van der Waals surface area contributed by atoms with Crippen LogP contribution in [-0.4, -0.2) is 35.1 Å². The van der Waals surface area contributed by atoms with Gasteiger partial charge in [-0.05, 0) is 12.8 Å². The van der Waals surface area contributed by atoms with E-state index in [0.29, 0.717) is 12.1 Å². The molecule has 0 saturated carbocycles. The Balaban J connectivity index is 1.99. The van der Waals surface area contributed by atoms with Crippen LogP contribution in [0.1, 0.15) is 45.3 Å². The second-order valence-electron chi connectivity index (χ2n) is 5.08. The largest absolute Gasteiger partial charge is 0.444 e. The molecule has 4 heteroatoms. The fraction of sp³-hybridized carbons (Fsp3) is 0.786. The number of hydrogen-bond donors (Lipinski definition) is 1. The van der Waals surface area contributed by atoms with Crippen LogP contribution in [0.25, 0.3) is 0 Å². The summed E-state index contributed by atoms with van der Waals surface area (Å²) in [6.07, 6.45) is 5.13. The molecule has 2 heterocycles. The van der Waals surface area contributed by atoms with Gasteiger partial charge in [0.2, 0.25) is 5.89 Å². The number of nitrogens with one attached hydrogen (secondary N) is 1. The molecule has 0 amide bonds. The summed E-state index contributed by atoms with van der Waals surface area (Å²) in [6, 6.07) is 1.21. The topological polar surface area (TPSA) is 41.3 Å². The third-order valence-corrected chi connectivity index (χ3v) is 3.87. The number of aromatic nitrogens is 1. The molecule has 0 aromatic carbocycles. The average Bonchev–Trinajstić information content (AvgIpc) is 2.86. The molecular formula is C14H25N3O. The summed E-state index contributed by atoms with van der Waals surface area (Å²) >= 11 is 0. The number of aryl methyl sites for hydroxylation is 1. The summed E-state index contributed by atoms with van der Waals surface area (Å²) < 4.78 is 5.72. The number of nitrogens with zero attached hydrogens (tertiary/aromatic N) is 2. The summed E-state index contributed by atoms with van der Waals surface area (Å²) in [6.45, 7) is 9.60. The van der Waals surface area contributed by atoms with Crippen LogP contribution < -0.4 is 5.32 Å². The van der Waals surface area contributed by atoms with E-state index in [4.69, 9.17) is 4.42 Å². The van der Waals surface area contributed by atoms with Gasteiger partial charge in [0.05, 0.1) is 12.7 Å². The summed E-state index contributed by atoms with van der Waals surface area (Å²) in [5.74, 6) is 1.85. The highest BCUT2D eigenvalue weighted by Crippen LogP contribution is 2.16. The van der Waals surface area contributed by atoms with E-state index in [0.717, 1.165) is 37.7 Å². The van der Waals surface area contributed by atoms with Crippen molar-refractivity contribution < 1.29 is 4.42 Å². The van der Waals surface area contributed by atoms with E-state index in [1.165, 1.54) is 12.8 Å². The fourth-order valence-electron chi connectivity index (χ4n) is 2.56. The van der Waals surface area contributed by atoms with Crippen LogP contribution >= 0.6 is 0 Å². The molecule has 1 aliphatic rings. The van der Waals surface area contributed by atoms with E-state index in [9.17, 15) is 0 Å². The molecule has 0 aliphatic carbocycles. The first-order valence-electron chi connectivity index (χ1n) is 7.17. The SMILES string of the molecule is CCc1cnc(CN2CC(CC)NCC2CC)o1. The van der Waals surface area contributed by atoms with Gasteiger partial charge in [0, 0.05) is 31.6 Å². The maximum absolute atomic E-state index is 5.72. The van der Waals surface area contributed by atoms with Crippen molar-refractivity contribution >= 4 is 0 Å². The average molecular weight is 251 g/mol. The minimum absolute atomic E-state index is 0.602. The molecule has 18 heavy (non-hydrogen) atoms. The molecular weight excluding hydrogens is 226 g/mol. The maximum atomic E-state index is 5.72. The Morgan fingerprint density at radius 2 is 2.22 bits per heavy atom. The lowest BCUT2D eigenvalue weighted by Gasteiger charge is -2.39. The molecule has 102 valence electrons. The molecule has 2 rings (SSSR count). The lowest BCUT2D eigenvalue weighted by Crippen LogP contribution is -2.55. The van der Waals surface area contributed by atoms with E-state index >= 15 is 0 Å². The summed E-state index contributed by atoms with van der Waals surface area (Å²) in [5, 5.41) is 3.61. The van der Waals surface area contributed by atoms with Crippen LogP contribution in [-0.2, 0) is 13.0 Å². The minimum atomic E-state index is 0.602. The van der Waals surface area contributed by atoms with Gasteiger partial charge in [-0.3, -0.25) is 4.90 Å². The molecule has 1 aromatic rings. The molecule has 0 radical (unpaired) electrons. The third-order valence-electron chi connectivity index (χ3n) is 3.87. The molecule has 4 nitrogen and oxygen atoms in total. The second kappa shape index (κ2) is 6.34. The lowest BCUT2D eigenvalue weighted by molar-refractivity contribution is 0.106. The second-order valence-corrected chi connectivity index (χ2v) is 5.08. The van der Waals surface area contributed by atoms with Crippen molar-refractivity contribution in [2.24, 2.45) is 0 Å². The molecule has 1 aliphatic heterocycles. The van der Waals surface area contributed by atoms with E-state index in [-0.39, 0.29) is 0 Å². The van der Waals surface area contributed by atoms with Crippen molar-refractivity contribution in [3.05, 3.63) is 17.8 Å². The van der Waals surface area contributed by atoms with Crippen molar-refractivity contribution in [3.63, 3.8) is 0 Å². The van der Waals surface area contributed by atoms with Crippen molar-refractivity contribution in [2.75, 3.05) is 13.1 Å². The summed E-state index contributed by atoms with van der Waals surface area (Å²) in [7, 11) is 0. The molecule has 1 fully saturated rings. The van der Waals surface area contributed by atoms with Crippen LogP contribution in [0.5, 0.6) is 0 Å². The standard InChI is InChI=1S/C14H25N3O/c1-4-11-9-17(12(5-2)7-15-11)10-14-16-8-13(6-3)18-14/h8,11-12,15H,4-7,9-10H2,1-3H3. The summed E-state index contributed by atoms with van der Waals surface area (Å²) in [4.78, 5) is 6.88. The quantitative estimate of drug-likeness (QED) is 0.871. The number of piperazine rings is 1. The van der Waals surface area contributed by atoms with E-state index < -0.39 is 0 Å². The van der Waals surface area contributed by atoms with Gasteiger partial charge in [0.1, 0.15) is 5.76 Å². The van der Waals surface area contributed by atoms with Gasteiger partial charge in [-0.25, -0.2) is 4.98 Å². The van der Waals surface area contributed by atoms with Gasteiger partial charge in [-0.15, -0.1) is 0 Å². The number of rotatable bonds is 5. The van der Waals surface area contributed by atoms with Gasteiger partial charge >= 0.3 is 0 Å². The van der Waals surface area contributed by atoms with Crippen LogP contribution in [0.3, 0.4) is 0 Å². The van der Waals surface area contributed by atoms with Crippen LogP contribution in [0.15, 0.2) is 10.6 Å². The Labute approximate surface area is 110 Å². The van der Waals surface area contributed by atoms with Gasteiger partial charge in [0.25, 0.3) is 0 Å². The monoisotopic (exact) mass is 251 g/mol. The molecule has 0 bridgehead atoms. The number of hydrogen-bond acceptors (Lipinski definition) is 4. The van der Waals surface area contributed by atoms with Gasteiger partial charge in [-0.2, -0.15) is 0 Å². The molecule has 2 unspecified atom stereocenters. The highest BCUT2D eigenvalue weighted by molar-refractivity contribution is 4.95. The van der Waals surface area contributed by atoms with Gasteiger partial charge < -0.3 is 9.73 Å². The minimum Gasteiger partial charge on any atom is -0.444 e. The first kappa shape index (κ1) is 13.6. The fourth-order valence-corrected chi connectivity index (χ4v) is 2.56. The number of oxazole rings is 1. The lowest BCUT2D eigenvalue weighted by atomic mass is 10.1. The Bertz CT molecular complexity index is 364. The van der Waals surface area contributed by atoms with Gasteiger partial charge in [0.15, 0.2) is 0 Å². The summed E-state index contributed by atoms with van der Waals surface area (Å²) in [5.41, 5.74) is 0. The van der Waals surface area contributed by atoms with E-state index in [1.807, 2.05) is 6.20 Å². The van der Waals surface area contributed by atoms with E-state index in [1.54, 1.807) is 0 Å². The van der Waals surface area contributed by atoms with Crippen molar-refractivity contribution in [1.82, 2.24) is 15.2 Å². The smallest absolute Gasteiger partial charge is 0.208 e. The van der Waals surface area contributed by atoms with Crippen molar-refractivity contribution in [1.29, 1.82) is 0 Å². The normalized spacial score (nSPS) is 25.5. The molecule has 1 aromatic heterocycles. The van der Waals surface area contributed by atoms with Crippen LogP contribution in [0, 0.1) is 0 Å². The third kappa shape index (κ3) is 3.12. The zero-order valence-corrected chi connectivity index (χ0v) is 11.8. The highest BCUT2D eigenvalue weighted by Gasteiger charge is 2.26. The van der Waals surface area contributed by atoms with E-state index in [2.05, 4.69) is 36.0 Å². The Kier molecular flexibility index (Phi) is 4.78. The predicted molar refractivity (Wildman–Crippen MR) is 72.5 cm³/mol. The Morgan fingerprint density at radius 3 is 2.83 bits per heavy atom. The van der Waals surface area contributed by atoms with Crippen LogP contribution in [0.4, 0.5) is 0 Å². The zero-order chi connectivity index (χ0) is 13.0. The zero-order valence-electron chi connectivity index (χ0n) is 11.8. The van der Waals surface area contributed by atoms with Crippen LogP contribution in [0.2, 0.25) is 0 Å². The molecule has 0 spiro atoms. The first-order chi connectivity index (χ1) is 8.76. The molecule has 2 atom stereocenters. The Hall–Kier alpha value is -0.870. The molecule has 1 saturated heterocycles. The maximum Gasteiger partial charge on any atom is 0.208 e. The van der Waals surface area contributed by atoms with Crippen molar-refractivity contribution in [2.45, 2.75) is 58.7 Å². The molecule has 1 N–H and O–H groups in total. The van der Waals surface area contributed by atoms with Crippen molar-refractivity contribution in [3.8, 4) is 0 Å². The highest BCUT2D eigenvalue weighted by atomic mass is 16.4.